The maximum absolute atomic E-state index is 12.6. The molecule has 1 aliphatic rings. The molecule has 1 amide bonds. The highest BCUT2D eigenvalue weighted by Crippen LogP contribution is 2.37. The van der Waals surface area contributed by atoms with E-state index in [1.165, 1.54) is 24.6 Å². The number of amides is 1. The zero-order valence-electron chi connectivity index (χ0n) is 15.4. The summed E-state index contributed by atoms with van der Waals surface area (Å²) < 4.78 is 1.02. The second kappa shape index (κ2) is 7.64. The molecular weight excluding hydrogens is 388 g/mol. The van der Waals surface area contributed by atoms with Crippen molar-refractivity contribution in [1.82, 2.24) is 19.9 Å². The Hall–Kier alpha value is -2.25. The average Bonchev–Trinajstić information content (AvgIpc) is 2.90. The molecule has 0 spiro atoms. The van der Waals surface area contributed by atoms with Gasteiger partial charge in [0, 0.05) is 23.9 Å². The van der Waals surface area contributed by atoms with Gasteiger partial charge >= 0.3 is 0 Å². The van der Waals surface area contributed by atoms with Crippen LogP contribution in [0.25, 0.3) is 31.3 Å². The predicted molar refractivity (Wildman–Crippen MR) is 116 cm³/mol. The number of hydrogen-bond donors (Lipinski definition) is 0. The zero-order chi connectivity index (χ0) is 18.9. The van der Waals surface area contributed by atoms with Gasteiger partial charge in [0.15, 0.2) is 0 Å². The summed E-state index contributed by atoms with van der Waals surface area (Å²) >= 11 is 3.13. The molecule has 0 unspecified atom stereocenters. The van der Waals surface area contributed by atoms with Gasteiger partial charge in [-0.05, 0) is 25.0 Å². The smallest absolute Gasteiger partial charge is 0.232 e. The zero-order valence-corrected chi connectivity index (χ0v) is 17.1. The number of carbonyl (C=O) groups is 1. The first-order valence-corrected chi connectivity index (χ1v) is 11.4. The fourth-order valence-electron chi connectivity index (χ4n) is 3.73. The number of pyridine rings is 1. The summed E-state index contributed by atoms with van der Waals surface area (Å²) in [7, 11) is 0. The maximum Gasteiger partial charge on any atom is 0.232 e. The van der Waals surface area contributed by atoms with Crippen LogP contribution < -0.4 is 0 Å². The van der Waals surface area contributed by atoms with Gasteiger partial charge in [-0.25, -0.2) is 15.0 Å². The van der Waals surface area contributed by atoms with Gasteiger partial charge in [-0.2, -0.15) is 0 Å². The van der Waals surface area contributed by atoms with Gasteiger partial charge in [0.2, 0.25) is 5.91 Å². The summed E-state index contributed by atoms with van der Waals surface area (Å²) in [5.41, 5.74) is 1.91. The van der Waals surface area contributed by atoms with Gasteiger partial charge in [-0.3, -0.25) is 4.79 Å². The molecule has 0 bridgehead atoms. The first-order chi connectivity index (χ1) is 13.8. The fraction of sp³-hybridized carbons (Fsp3) is 0.333. The molecule has 3 aromatic heterocycles. The molecule has 0 N–H and O–H groups in total. The monoisotopic (exact) mass is 408 g/mol. The van der Waals surface area contributed by atoms with Crippen molar-refractivity contribution < 1.29 is 4.79 Å². The van der Waals surface area contributed by atoms with E-state index in [1.54, 1.807) is 17.7 Å². The molecule has 1 saturated heterocycles. The second-order valence-corrected chi connectivity index (χ2v) is 9.04. The number of carbonyl (C=O) groups excluding carboxylic acids is 1. The van der Waals surface area contributed by atoms with Crippen molar-refractivity contribution in [1.29, 1.82) is 0 Å². The van der Waals surface area contributed by atoms with Crippen LogP contribution in [-0.4, -0.2) is 44.6 Å². The third kappa shape index (κ3) is 3.33. The number of aromatic nitrogens is 3. The van der Waals surface area contributed by atoms with E-state index in [1.807, 2.05) is 23.1 Å². The molecule has 0 radical (unpaired) electrons. The van der Waals surface area contributed by atoms with Crippen LogP contribution in [0.3, 0.4) is 0 Å². The van der Waals surface area contributed by atoms with Gasteiger partial charge in [0.25, 0.3) is 0 Å². The van der Waals surface area contributed by atoms with Crippen molar-refractivity contribution in [2.75, 3.05) is 18.8 Å². The van der Waals surface area contributed by atoms with E-state index >= 15 is 0 Å². The molecule has 28 heavy (non-hydrogen) atoms. The van der Waals surface area contributed by atoms with Crippen LogP contribution in [0.1, 0.15) is 25.7 Å². The van der Waals surface area contributed by atoms with Gasteiger partial charge in [-0.15, -0.1) is 11.3 Å². The highest BCUT2D eigenvalue weighted by atomic mass is 32.2. The van der Waals surface area contributed by atoms with Crippen molar-refractivity contribution in [2.24, 2.45) is 0 Å². The minimum atomic E-state index is 0.212. The Morgan fingerprint density at radius 3 is 2.79 bits per heavy atom. The summed E-state index contributed by atoms with van der Waals surface area (Å²) in [4.78, 5) is 29.4. The summed E-state index contributed by atoms with van der Waals surface area (Å²) in [6.07, 6.45) is 6.29. The van der Waals surface area contributed by atoms with Crippen molar-refractivity contribution in [3.8, 4) is 0 Å². The molecule has 5 nitrogen and oxygen atoms in total. The van der Waals surface area contributed by atoms with Gasteiger partial charge < -0.3 is 4.90 Å². The molecular formula is C21H20N4OS2. The van der Waals surface area contributed by atoms with Crippen LogP contribution in [0.15, 0.2) is 41.7 Å². The minimum Gasteiger partial charge on any atom is -0.342 e. The first kappa shape index (κ1) is 17.8. The standard InChI is InChI=1S/C21H20N4OS2/c26-17(25-9-5-1-2-6-10-25)12-27-21-19-18(22-13-23-21)15-11-14-7-3-4-8-16(14)24-20(15)28-19/h3-4,7-8,11,13H,1-2,5-6,9-10,12H2. The van der Waals surface area contributed by atoms with Crippen molar-refractivity contribution in [3.63, 3.8) is 0 Å². The Kier molecular flexibility index (Phi) is 4.86. The minimum absolute atomic E-state index is 0.212. The van der Waals surface area contributed by atoms with E-state index in [2.05, 4.69) is 22.1 Å². The Bertz CT molecular complexity index is 1170. The number of rotatable bonds is 3. The summed E-state index contributed by atoms with van der Waals surface area (Å²) in [5.74, 6) is 0.638. The summed E-state index contributed by atoms with van der Waals surface area (Å²) in [6, 6.07) is 10.3. The Balaban J connectivity index is 1.46. The molecule has 0 atom stereocenters. The quantitative estimate of drug-likeness (QED) is 0.357. The van der Waals surface area contributed by atoms with E-state index in [9.17, 15) is 4.79 Å². The third-order valence-corrected chi connectivity index (χ3v) is 7.40. The molecule has 0 saturated carbocycles. The summed E-state index contributed by atoms with van der Waals surface area (Å²) in [5, 5.41) is 3.04. The van der Waals surface area contributed by atoms with Crippen molar-refractivity contribution in [3.05, 3.63) is 36.7 Å². The highest BCUT2D eigenvalue weighted by molar-refractivity contribution is 8.00. The number of benzene rings is 1. The average molecular weight is 409 g/mol. The Morgan fingerprint density at radius 2 is 1.93 bits per heavy atom. The number of thioether (sulfide) groups is 1. The normalized spacial score (nSPS) is 15.4. The number of nitrogens with zero attached hydrogens (tertiary/aromatic N) is 4. The first-order valence-electron chi connectivity index (χ1n) is 9.63. The predicted octanol–water partition coefficient (Wildman–Crippen LogP) is 4.89. The highest BCUT2D eigenvalue weighted by Gasteiger charge is 2.18. The number of likely N-dealkylation sites (tertiary alicyclic amines) is 1. The molecule has 4 aromatic rings. The SMILES string of the molecule is O=C(CSc1ncnc2c1sc1nc3ccccc3cc12)N1CCCCCC1. The lowest BCUT2D eigenvalue weighted by Crippen LogP contribution is -2.33. The van der Waals surface area contributed by atoms with Crippen molar-refractivity contribution >= 4 is 60.3 Å². The number of para-hydroxylation sites is 1. The molecule has 142 valence electrons. The van der Waals surface area contributed by atoms with E-state index in [4.69, 9.17) is 4.98 Å². The lowest BCUT2D eigenvalue weighted by molar-refractivity contribution is -0.128. The molecule has 1 aliphatic heterocycles. The molecule has 1 aromatic carbocycles. The van der Waals surface area contributed by atoms with Crippen LogP contribution >= 0.6 is 23.1 Å². The molecule has 5 rings (SSSR count). The molecule has 1 fully saturated rings. The van der Waals surface area contributed by atoms with Crippen LogP contribution in [0.5, 0.6) is 0 Å². The van der Waals surface area contributed by atoms with Crippen LogP contribution in [0, 0.1) is 0 Å². The van der Waals surface area contributed by atoms with E-state index < -0.39 is 0 Å². The maximum atomic E-state index is 12.6. The lowest BCUT2D eigenvalue weighted by atomic mass is 10.2. The number of hydrogen-bond acceptors (Lipinski definition) is 6. The lowest BCUT2D eigenvalue weighted by Gasteiger charge is -2.19. The largest absolute Gasteiger partial charge is 0.342 e. The van der Waals surface area contributed by atoms with Gasteiger partial charge in [-0.1, -0.05) is 42.8 Å². The second-order valence-electron chi connectivity index (χ2n) is 7.08. The summed E-state index contributed by atoms with van der Waals surface area (Å²) in [6.45, 7) is 1.77. The van der Waals surface area contributed by atoms with Crippen LogP contribution in [0.4, 0.5) is 0 Å². The fourth-order valence-corrected chi connectivity index (χ4v) is 5.82. The van der Waals surface area contributed by atoms with E-state index in [0.717, 1.165) is 62.3 Å². The van der Waals surface area contributed by atoms with E-state index in [-0.39, 0.29) is 5.91 Å². The molecule has 0 aliphatic carbocycles. The Labute approximate surface area is 171 Å². The van der Waals surface area contributed by atoms with E-state index in [0.29, 0.717) is 5.75 Å². The number of thiophene rings is 1. The van der Waals surface area contributed by atoms with Crippen LogP contribution in [0.2, 0.25) is 0 Å². The molecule has 4 heterocycles. The Morgan fingerprint density at radius 1 is 1.11 bits per heavy atom. The topological polar surface area (TPSA) is 59.0 Å². The third-order valence-electron chi connectivity index (χ3n) is 5.21. The molecule has 7 heteroatoms. The van der Waals surface area contributed by atoms with Gasteiger partial charge in [0.1, 0.15) is 16.2 Å². The number of fused-ring (bicyclic) bond motifs is 4. The van der Waals surface area contributed by atoms with Gasteiger partial charge in [0.05, 0.1) is 21.5 Å². The van der Waals surface area contributed by atoms with Crippen LogP contribution in [-0.2, 0) is 4.79 Å². The van der Waals surface area contributed by atoms with Crippen molar-refractivity contribution in [2.45, 2.75) is 30.7 Å².